The summed E-state index contributed by atoms with van der Waals surface area (Å²) in [6.45, 7) is 1.53. The minimum atomic E-state index is -4.62. The Morgan fingerprint density at radius 2 is 2.04 bits per heavy atom. The smallest absolute Gasteiger partial charge is 0.433 e. The van der Waals surface area contributed by atoms with E-state index in [1.807, 2.05) is 6.07 Å². The van der Waals surface area contributed by atoms with Crippen LogP contribution in [0, 0.1) is 11.3 Å². The second-order valence-electron chi connectivity index (χ2n) is 5.52. The second-order valence-corrected chi connectivity index (χ2v) is 5.52. The molecule has 0 amide bonds. The summed E-state index contributed by atoms with van der Waals surface area (Å²) >= 11 is 0. The fourth-order valence-corrected chi connectivity index (χ4v) is 2.57. The van der Waals surface area contributed by atoms with Crippen LogP contribution in [0.15, 0.2) is 41.3 Å². The van der Waals surface area contributed by atoms with Gasteiger partial charge in [-0.3, -0.25) is 4.79 Å². The van der Waals surface area contributed by atoms with Crippen molar-refractivity contribution in [1.82, 2.24) is 14.8 Å². The zero-order valence-corrected chi connectivity index (χ0v) is 14.3. The first-order valence-corrected chi connectivity index (χ1v) is 7.94. The second kappa shape index (κ2) is 7.11. The van der Waals surface area contributed by atoms with Crippen LogP contribution in [-0.2, 0) is 10.9 Å². The molecule has 142 valence electrons. The number of nitriles is 1. The zero-order valence-electron chi connectivity index (χ0n) is 14.3. The number of hydrogen-bond acceptors (Lipinski definition) is 6. The van der Waals surface area contributed by atoms with Gasteiger partial charge in [-0.05, 0) is 31.2 Å². The molecule has 10 heteroatoms. The first-order valence-electron chi connectivity index (χ1n) is 7.94. The number of nitrogens with zero attached hydrogens (tertiary/aromatic N) is 4. The number of pyridine rings is 1. The number of hydrogen-bond donors (Lipinski definition) is 0. The maximum absolute atomic E-state index is 12.8. The summed E-state index contributed by atoms with van der Waals surface area (Å²) in [6, 6.07) is 8.03. The molecule has 0 radical (unpaired) electrons. The van der Waals surface area contributed by atoms with Crippen LogP contribution in [0.1, 0.15) is 28.7 Å². The van der Waals surface area contributed by atoms with Gasteiger partial charge in [0.15, 0.2) is 0 Å². The third kappa shape index (κ3) is 3.29. The van der Waals surface area contributed by atoms with E-state index in [-0.39, 0.29) is 28.8 Å². The van der Waals surface area contributed by atoms with E-state index in [1.165, 1.54) is 25.1 Å². The molecule has 0 N–H and O–H groups in total. The highest BCUT2D eigenvalue weighted by Gasteiger charge is 2.32. The lowest BCUT2D eigenvalue weighted by atomic mass is 10.1. The molecule has 0 aliphatic carbocycles. The van der Waals surface area contributed by atoms with Crippen molar-refractivity contribution < 1.29 is 22.7 Å². The Hall–Kier alpha value is -3.74. The van der Waals surface area contributed by atoms with Gasteiger partial charge in [0.05, 0.1) is 41.0 Å². The van der Waals surface area contributed by atoms with Gasteiger partial charge >= 0.3 is 12.1 Å². The number of halogens is 3. The summed E-state index contributed by atoms with van der Waals surface area (Å²) in [6.07, 6.45) is -3.71. The summed E-state index contributed by atoms with van der Waals surface area (Å²) in [5.41, 5.74) is -2.30. The topological polar surface area (TPSA) is 97.9 Å². The van der Waals surface area contributed by atoms with Crippen molar-refractivity contribution in [3.05, 3.63) is 63.7 Å². The summed E-state index contributed by atoms with van der Waals surface area (Å²) < 4.78 is 44.2. The van der Waals surface area contributed by atoms with Crippen molar-refractivity contribution in [2.45, 2.75) is 13.1 Å². The maximum atomic E-state index is 12.8. The van der Waals surface area contributed by atoms with Gasteiger partial charge in [0.25, 0.3) is 0 Å². The normalized spacial score (nSPS) is 11.2. The average Bonchev–Trinajstić information content (AvgIpc) is 2.67. The molecule has 7 nitrogen and oxygen atoms in total. The Bertz CT molecular complexity index is 1160. The molecule has 3 aromatic rings. The molecule has 0 saturated carbocycles. The summed E-state index contributed by atoms with van der Waals surface area (Å²) in [5, 5.41) is 13.2. The van der Waals surface area contributed by atoms with E-state index in [2.05, 4.69) is 10.1 Å². The van der Waals surface area contributed by atoms with Gasteiger partial charge < -0.3 is 4.74 Å². The maximum Gasteiger partial charge on any atom is 0.433 e. The summed E-state index contributed by atoms with van der Waals surface area (Å²) in [4.78, 5) is 28.2. The van der Waals surface area contributed by atoms with Gasteiger partial charge in [0.1, 0.15) is 5.69 Å². The van der Waals surface area contributed by atoms with Gasteiger partial charge in [0.2, 0.25) is 11.1 Å². The van der Waals surface area contributed by atoms with Crippen molar-refractivity contribution in [3.63, 3.8) is 0 Å². The van der Waals surface area contributed by atoms with Crippen LogP contribution in [0.2, 0.25) is 0 Å². The minimum absolute atomic E-state index is 0.0101. The molecule has 28 heavy (non-hydrogen) atoms. The van der Waals surface area contributed by atoms with Crippen LogP contribution in [-0.4, -0.2) is 27.3 Å². The number of rotatable bonds is 3. The molecular formula is C18H11F3N4O3. The lowest BCUT2D eigenvalue weighted by Crippen LogP contribution is -2.25. The van der Waals surface area contributed by atoms with Gasteiger partial charge in [-0.15, -0.1) is 0 Å². The molecule has 0 aliphatic rings. The third-order valence-electron chi connectivity index (χ3n) is 3.78. The van der Waals surface area contributed by atoms with E-state index >= 15 is 0 Å². The van der Waals surface area contributed by atoms with Crippen LogP contribution in [0.4, 0.5) is 13.2 Å². The van der Waals surface area contributed by atoms with Gasteiger partial charge in [0, 0.05) is 0 Å². The molecule has 2 aromatic heterocycles. The number of ether oxygens (including phenoxy) is 1. The number of benzene rings is 1. The zero-order chi connectivity index (χ0) is 20.5. The number of carbonyl (C=O) groups is 1. The van der Waals surface area contributed by atoms with Crippen molar-refractivity contribution in [2.24, 2.45) is 0 Å². The van der Waals surface area contributed by atoms with Crippen molar-refractivity contribution in [1.29, 1.82) is 5.26 Å². The molecule has 1 aromatic carbocycles. The largest absolute Gasteiger partial charge is 0.461 e. The number of carbonyl (C=O) groups excluding carboxylic acids is 1. The molecule has 0 bridgehead atoms. The first kappa shape index (κ1) is 19.0. The van der Waals surface area contributed by atoms with Crippen LogP contribution in [0.25, 0.3) is 16.6 Å². The molecular weight excluding hydrogens is 377 g/mol. The fraction of sp³-hybridized carbons (Fsp3) is 0.167. The molecule has 0 aliphatic heterocycles. The molecule has 0 unspecified atom stereocenters. The molecule has 3 rings (SSSR count). The van der Waals surface area contributed by atoms with E-state index in [1.54, 1.807) is 0 Å². The van der Waals surface area contributed by atoms with E-state index in [9.17, 15) is 28.0 Å². The van der Waals surface area contributed by atoms with Crippen molar-refractivity contribution in [2.75, 3.05) is 6.61 Å². The lowest BCUT2D eigenvalue weighted by Gasteiger charge is -2.13. The first-order chi connectivity index (χ1) is 13.3. The standard InChI is InChI=1S/C18H11F3N4O3/c1-2-28-17(27)15-16(26)14-10(8-22)4-3-5-12(14)25(24-15)11-6-7-13(23-9-11)18(19,20)21/h3-7,9H,2H2,1H3. The van der Waals surface area contributed by atoms with Crippen LogP contribution in [0.3, 0.4) is 0 Å². The molecule has 0 atom stereocenters. The average molecular weight is 388 g/mol. The number of fused-ring (bicyclic) bond motifs is 1. The lowest BCUT2D eigenvalue weighted by molar-refractivity contribution is -0.141. The minimum Gasteiger partial charge on any atom is -0.461 e. The molecule has 2 heterocycles. The van der Waals surface area contributed by atoms with Gasteiger partial charge in [-0.25, -0.2) is 14.5 Å². The molecule has 0 fully saturated rings. The van der Waals surface area contributed by atoms with Crippen LogP contribution < -0.4 is 5.43 Å². The Kier molecular flexibility index (Phi) is 4.83. The highest BCUT2D eigenvalue weighted by molar-refractivity contribution is 5.94. The van der Waals surface area contributed by atoms with E-state index in [0.717, 1.165) is 23.0 Å². The van der Waals surface area contributed by atoms with Crippen LogP contribution >= 0.6 is 0 Å². The number of alkyl halides is 3. The predicted octanol–water partition coefficient (Wildman–Crippen LogP) is 2.85. The molecule has 0 spiro atoms. The Labute approximate surface area is 155 Å². The summed E-state index contributed by atoms with van der Waals surface area (Å²) in [5.74, 6) is -1.00. The van der Waals surface area contributed by atoms with Gasteiger partial charge in [-0.1, -0.05) is 6.07 Å². The molecule has 0 saturated heterocycles. The SMILES string of the molecule is CCOC(=O)c1nn(-c2ccc(C(F)(F)F)nc2)c2cccc(C#N)c2c1=O. The quantitative estimate of drug-likeness (QED) is 0.640. The fourth-order valence-electron chi connectivity index (χ4n) is 2.57. The van der Waals surface area contributed by atoms with E-state index in [0.29, 0.717) is 0 Å². The third-order valence-corrected chi connectivity index (χ3v) is 3.78. The van der Waals surface area contributed by atoms with Crippen LogP contribution in [0.5, 0.6) is 0 Å². The predicted molar refractivity (Wildman–Crippen MR) is 90.8 cm³/mol. The Morgan fingerprint density at radius 1 is 1.29 bits per heavy atom. The summed E-state index contributed by atoms with van der Waals surface area (Å²) in [7, 11) is 0. The highest BCUT2D eigenvalue weighted by atomic mass is 19.4. The van der Waals surface area contributed by atoms with Crippen molar-refractivity contribution in [3.8, 4) is 11.8 Å². The van der Waals surface area contributed by atoms with Gasteiger partial charge in [-0.2, -0.15) is 23.5 Å². The highest BCUT2D eigenvalue weighted by Crippen LogP contribution is 2.28. The number of esters is 1. The number of aromatic nitrogens is 3. The monoisotopic (exact) mass is 388 g/mol. The van der Waals surface area contributed by atoms with E-state index < -0.39 is 29.0 Å². The van der Waals surface area contributed by atoms with Crippen molar-refractivity contribution >= 4 is 16.9 Å². The Balaban J connectivity index is 2.33. The van der Waals surface area contributed by atoms with E-state index in [4.69, 9.17) is 4.74 Å². The Morgan fingerprint density at radius 3 is 2.61 bits per heavy atom.